The Morgan fingerprint density at radius 3 is 2.68 bits per heavy atom. The monoisotopic (exact) mass is 297 g/mol. The summed E-state index contributed by atoms with van der Waals surface area (Å²) in [5.41, 5.74) is 0.939. The van der Waals surface area contributed by atoms with Gasteiger partial charge in [0.25, 0.3) is 5.91 Å². The maximum absolute atomic E-state index is 11.8. The minimum absolute atomic E-state index is 0.250. The topological polar surface area (TPSA) is 75.1 Å². The lowest BCUT2D eigenvalue weighted by Crippen LogP contribution is -2.37. The number of hydrogen-bond acceptors (Lipinski definition) is 5. The second kappa shape index (κ2) is 6.10. The van der Waals surface area contributed by atoms with E-state index < -0.39 is 12.1 Å². The van der Waals surface area contributed by atoms with Gasteiger partial charge in [-0.05, 0) is 24.6 Å². The van der Waals surface area contributed by atoms with Crippen LogP contribution in [0.2, 0.25) is 5.02 Å². The quantitative estimate of drug-likeness (QED) is 0.905. The van der Waals surface area contributed by atoms with E-state index in [0.717, 1.165) is 11.7 Å². The zero-order chi connectivity index (χ0) is 13.8. The highest BCUT2D eigenvalue weighted by atomic mass is 35.5. The van der Waals surface area contributed by atoms with Gasteiger partial charge in [-0.15, -0.1) is 0 Å². The zero-order valence-electron chi connectivity index (χ0n) is 10.1. The highest BCUT2D eigenvalue weighted by Crippen LogP contribution is 2.19. The number of nitrogens with one attached hydrogen (secondary N) is 1. The largest absolute Gasteiger partial charge is 0.386 e. The summed E-state index contributed by atoms with van der Waals surface area (Å²) in [6, 6.07) is 6.38. The number of nitrogens with zero attached hydrogens (tertiary/aromatic N) is 2. The summed E-state index contributed by atoms with van der Waals surface area (Å²) in [6.07, 6.45) is 0.578. The minimum atomic E-state index is -0.812. The van der Waals surface area contributed by atoms with Gasteiger partial charge in [0.15, 0.2) is 5.69 Å². The Kier molecular flexibility index (Phi) is 4.47. The number of aromatic nitrogens is 2. The van der Waals surface area contributed by atoms with Gasteiger partial charge >= 0.3 is 0 Å². The van der Waals surface area contributed by atoms with Crippen molar-refractivity contribution in [3.63, 3.8) is 0 Å². The molecule has 2 N–H and O–H groups in total. The molecule has 1 heterocycles. The van der Waals surface area contributed by atoms with Crippen molar-refractivity contribution in [2.24, 2.45) is 0 Å². The number of carbonyl (C=O) groups excluding carboxylic acids is 1. The maximum atomic E-state index is 11.8. The number of aliphatic hydroxyl groups excluding tert-OH is 1. The Labute approximate surface area is 119 Å². The third-order valence-corrected chi connectivity index (χ3v) is 3.37. The molecule has 1 aromatic heterocycles. The van der Waals surface area contributed by atoms with E-state index in [-0.39, 0.29) is 11.6 Å². The summed E-state index contributed by atoms with van der Waals surface area (Å²) < 4.78 is 7.59. The van der Waals surface area contributed by atoms with Crippen LogP contribution in [0.15, 0.2) is 30.5 Å². The van der Waals surface area contributed by atoms with E-state index in [4.69, 9.17) is 11.6 Å². The maximum Gasteiger partial charge on any atom is 0.272 e. The Balaban J connectivity index is 2.01. The third-order valence-electron chi connectivity index (χ3n) is 2.64. The van der Waals surface area contributed by atoms with E-state index in [1.807, 2.05) is 0 Å². The molecule has 0 aliphatic rings. The molecule has 2 atom stereocenters. The van der Waals surface area contributed by atoms with Crippen molar-refractivity contribution < 1.29 is 9.90 Å². The fraction of sp³-hybridized carbons (Fsp3) is 0.250. The smallest absolute Gasteiger partial charge is 0.272 e. The number of aliphatic hydroxyl groups is 1. The van der Waals surface area contributed by atoms with E-state index in [2.05, 4.69) is 14.1 Å². The average molecular weight is 298 g/mol. The minimum Gasteiger partial charge on any atom is -0.386 e. The van der Waals surface area contributed by atoms with Crippen molar-refractivity contribution >= 4 is 29.2 Å². The fourth-order valence-corrected chi connectivity index (χ4v) is 2.11. The van der Waals surface area contributed by atoms with E-state index in [1.165, 1.54) is 6.20 Å². The Morgan fingerprint density at radius 2 is 2.11 bits per heavy atom. The second-order valence-corrected chi connectivity index (χ2v) is 5.04. The molecule has 2 aromatic rings. The standard InChI is InChI=1S/C12H12ClN3O2S/c1-7(15-12(18)10-6-14-19-16-10)11(17)8-2-4-9(13)5-3-8/h2-7,11,17H,1H3,(H,15,18). The average Bonchev–Trinajstić information content (AvgIpc) is 2.92. The van der Waals surface area contributed by atoms with Crippen molar-refractivity contribution in [3.8, 4) is 0 Å². The van der Waals surface area contributed by atoms with Crippen molar-refractivity contribution in [1.29, 1.82) is 0 Å². The summed E-state index contributed by atoms with van der Waals surface area (Å²) in [6.45, 7) is 1.72. The first kappa shape index (κ1) is 13.9. The molecule has 0 saturated heterocycles. The van der Waals surface area contributed by atoms with Crippen molar-refractivity contribution in [1.82, 2.24) is 14.1 Å². The molecule has 1 aromatic carbocycles. The van der Waals surface area contributed by atoms with Crippen LogP contribution in [0.4, 0.5) is 0 Å². The first-order chi connectivity index (χ1) is 9.08. The van der Waals surface area contributed by atoms with Crippen molar-refractivity contribution in [2.45, 2.75) is 19.1 Å². The van der Waals surface area contributed by atoms with Gasteiger partial charge in [-0.2, -0.15) is 8.75 Å². The molecule has 5 nitrogen and oxygen atoms in total. The van der Waals surface area contributed by atoms with Crippen LogP contribution in [-0.4, -0.2) is 25.8 Å². The molecule has 0 bridgehead atoms. The highest BCUT2D eigenvalue weighted by Gasteiger charge is 2.20. The van der Waals surface area contributed by atoms with E-state index in [0.29, 0.717) is 10.6 Å². The molecule has 1 amide bonds. The van der Waals surface area contributed by atoms with E-state index in [1.54, 1.807) is 31.2 Å². The molecule has 0 radical (unpaired) electrons. The number of halogens is 1. The van der Waals surface area contributed by atoms with Crippen LogP contribution in [0.5, 0.6) is 0 Å². The summed E-state index contributed by atoms with van der Waals surface area (Å²) in [5, 5.41) is 13.4. The summed E-state index contributed by atoms with van der Waals surface area (Å²) in [4.78, 5) is 11.8. The van der Waals surface area contributed by atoms with Gasteiger partial charge in [0.05, 0.1) is 30.1 Å². The molecule has 7 heteroatoms. The van der Waals surface area contributed by atoms with Gasteiger partial charge < -0.3 is 10.4 Å². The van der Waals surface area contributed by atoms with Gasteiger partial charge in [0, 0.05) is 5.02 Å². The number of amides is 1. The Morgan fingerprint density at radius 1 is 1.42 bits per heavy atom. The first-order valence-electron chi connectivity index (χ1n) is 5.60. The molecule has 0 saturated carbocycles. The predicted octanol–water partition coefficient (Wildman–Crippen LogP) is 2.04. The lowest BCUT2D eigenvalue weighted by Gasteiger charge is -2.20. The van der Waals surface area contributed by atoms with Crippen LogP contribution >= 0.6 is 23.3 Å². The SMILES string of the molecule is CC(NC(=O)c1cnsn1)C(O)c1ccc(Cl)cc1. The molecular weight excluding hydrogens is 286 g/mol. The number of hydrogen-bond donors (Lipinski definition) is 2. The predicted molar refractivity (Wildman–Crippen MR) is 73.2 cm³/mol. The lowest BCUT2D eigenvalue weighted by atomic mass is 10.0. The molecule has 0 aliphatic carbocycles. The fourth-order valence-electron chi connectivity index (χ4n) is 1.57. The van der Waals surface area contributed by atoms with E-state index in [9.17, 15) is 9.90 Å². The molecule has 19 heavy (non-hydrogen) atoms. The molecule has 0 spiro atoms. The Hall–Kier alpha value is -1.50. The Bertz CT molecular complexity index is 545. The summed E-state index contributed by atoms with van der Waals surface area (Å²) in [7, 11) is 0. The van der Waals surface area contributed by atoms with Crippen LogP contribution in [0.1, 0.15) is 29.1 Å². The number of carbonyl (C=O) groups is 1. The van der Waals surface area contributed by atoms with Crippen LogP contribution in [0.3, 0.4) is 0 Å². The first-order valence-corrected chi connectivity index (χ1v) is 6.70. The van der Waals surface area contributed by atoms with Crippen LogP contribution < -0.4 is 5.32 Å². The van der Waals surface area contributed by atoms with Gasteiger partial charge in [-0.25, -0.2) is 0 Å². The van der Waals surface area contributed by atoms with E-state index >= 15 is 0 Å². The van der Waals surface area contributed by atoms with Crippen LogP contribution in [0, 0.1) is 0 Å². The van der Waals surface area contributed by atoms with Gasteiger partial charge in [-0.1, -0.05) is 23.7 Å². The normalized spacial score (nSPS) is 13.8. The molecule has 2 rings (SSSR count). The summed E-state index contributed by atoms with van der Waals surface area (Å²) in [5.74, 6) is -0.353. The van der Waals surface area contributed by atoms with Gasteiger partial charge in [-0.3, -0.25) is 4.79 Å². The zero-order valence-corrected chi connectivity index (χ0v) is 11.6. The van der Waals surface area contributed by atoms with Crippen LogP contribution in [0.25, 0.3) is 0 Å². The van der Waals surface area contributed by atoms with Gasteiger partial charge in [0.2, 0.25) is 0 Å². The molecule has 2 unspecified atom stereocenters. The molecule has 0 aliphatic heterocycles. The van der Waals surface area contributed by atoms with Gasteiger partial charge in [0.1, 0.15) is 0 Å². The molecular formula is C12H12ClN3O2S. The molecule has 0 fully saturated rings. The molecule has 100 valence electrons. The third kappa shape index (κ3) is 3.50. The van der Waals surface area contributed by atoms with Crippen molar-refractivity contribution in [3.05, 3.63) is 46.7 Å². The highest BCUT2D eigenvalue weighted by molar-refractivity contribution is 6.99. The lowest BCUT2D eigenvalue weighted by molar-refractivity contribution is 0.0848. The summed E-state index contributed by atoms with van der Waals surface area (Å²) >= 11 is 6.75. The van der Waals surface area contributed by atoms with Crippen LogP contribution in [-0.2, 0) is 0 Å². The van der Waals surface area contributed by atoms with Crippen molar-refractivity contribution in [2.75, 3.05) is 0 Å². The number of benzene rings is 1. The second-order valence-electron chi connectivity index (χ2n) is 4.05. The number of rotatable bonds is 4.